The van der Waals surface area contributed by atoms with E-state index in [1.807, 2.05) is 13.0 Å². The van der Waals surface area contributed by atoms with E-state index >= 15 is 0 Å². The third-order valence-corrected chi connectivity index (χ3v) is 2.00. The van der Waals surface area contributed by atoms with Gasteiger partial charge in [-0.15, -0.1) is 0 Å². The first kappa shape index (κ1) is 12.0. The highest BCUT2D eigenvalue weighted by molar-refractivity contribution is 5.99. The molecule has 2 N–H and O–H groups in total. The standard InChI is InChI=1S/C12H14N2O2/c1-4-12(16)14-10-6-5-8(2)11(7-10)13-9(3)15/h4-7H,1H2,2-3H3,(H,13,15)(H,14,16). The summed E-state index contributed by atoms with van der Waals surface area (Å²) in [6.07, 6.45) is 1.19. The monoisotopic (exact) mass is 218 g/mol. The Balaban J connectivity index is 2.92. The van der Waals surface area contributed by atoms with Gasteiger partial charge in [0.1, 0.15) is 0 Å². The second-order valence-electron chi connectivity index (χ2n) is 3.40. The zero-order chi connectivity index (χ0) is 12.1. The van der Waals surface area contributed by atoms with Gasteiger partial charge in [0.15, 0.2) is 0 Å². The van der Waals surface area contributed by atoms with Gasteiger partial charge < -0.3 is 10.6 Å². The Hall–Kier alpha value is -2.10. The van der Waals surface area contributed by atoms with E-state index in [4.69, 9.17) is 0 Å². The van der Waals surface area contributed by atoms with Gasteiger partial charge in [0.25, 0.3) is 0 Å². The lowest BCUT2D eigenvalue weighted by atomic mass is 10.1. The van der Waals surface area contributed by atoms with Crippen LogP contribution in [0.5, 0.6) is 0 Å². The highest BCUT2D eigenvalue weighted by Gasteiger charge is 2.03. The second kappa shape index (κ2) is 5.11. The molecule has 1 aromatic rings. The minimum atomic E-state index is -0.280. The molecule has 0 spiro atoms. The molecule has 0 bridgehead atoms. The molecule has 1 aromatic carbocycles. The maximum Gasteiger partial charge on any atom is 0.247 e. The van der Waals surface area contributed by atoms with Crippen molar-refractivity contribution in [3.8, 4) is 0 Å². The molecule has 4 heteroatoms. The quantitative estimate of drug-likeness (QED) is 0.763. The molecule has 0 aliphatic heterocycles. The summed E-state index contributed by atoms with van der Waals surface area (Å²) in [7, 11) is 0. The molecule has 0 aliphatic carbocycles. The van der Waals surface area contributed by atoms with Crippen molar-refractivity contribution in [1.29, 1.82) is 0 Å². The summed E-state index contributed by atoms with van der Waals surface area (Å²) in [6, 6.07) is 5.30. The van der Waals surface area contributed by atoms with Gasteiger partial charge in [-0.25, -0.2) is 0 Å². The number of hydrogen-bond acceptors (Lipinski definition) is 2. The normalized spacial score (nSPS) is 9.38. The molecule has 0 aliphatic rings. The Kier molecular flexibility index (Phi) is 3.83. The van der Waals surface area contributed by atoms with Crippen LogP contribution in [0.15, 0.2) is 30.9 Å². The molecule has 0 aromatic heterocycles. The van der Waals surface area contributed by atoms with Crippen LogP contribution in [0.25, 0.3) is 0 Å². The van der Waals surface area contributed by atoms with Crippen molar-refractivity contribution in [1.82, 2.24) is 0 Å². The number of aryl methyl sites for hydroxylation is 1. The van der Waals surface area contributed by atoms with Crippen LogP contribution in [0.4, 0.5) is 11.4 Å². The second-order valence-corrected chi connectivity index (χ2v) is 3.40. The molecular formula is C12H14N2O2. The van der Waals surface area contributed by atoms with Crippen molar-refractivity contribution in [3.63, 3.8) is 0 Å². The minimum absolute atomic E-state index is 0.143. The highest BCUT2D eigenvalue weighted by Crippen LogP contribution is 2.20. The van der Waals surface area contributed by atoms with Gasteiger partial charge in [-0.3, -0.25) is 9.59 Å². The van der Waals surface area contributed by atoms with E-state index < -0.39 is 0 Å². The number of carbonyl (C=O) groups excluding carboxylic acids is 2. The summed E-state index contributed by atoms with van der Waals surface area (Å²) in [5, 5.41) is 5.31. The fraction of sp³-hybridized carbons (Fsp3) is 0.167. The van der Waals surface area contributed by atoms with Crippen molar-refractivity contribution in [2.45, 2.75) is 13.8 Å². The van der Waals surface area contributed by atoms with E-state index in [9.17, 15) is 9.59 Å². The van der Waals surface area contributed by atoms with Crippen LogP contribution in [0, 0.1) is 6.92 Å². The Morgan fingerprint density at radius 3 is 2.56 bits per heavy atom. The zero-order valence-corrected chi connectivity index (χ0v) is 9.33. The minimum Gasteiger partial charge on any atom is -0.326 e. The van der Waals surface area contributed by atoms with Crippen molar-refractivity contribution in [2.24, 2.45) is 0 Å². The Morgan fingerprint density at radius 2 is 2.00 bits per heavy atom. The molecule has 0 saturated carbocycles. The fourth-order valence-corrected chi connectivity index (χ4v) is 1.22. The summed E-state index contributed by atoms with van der Waals surface area (Å²) in [5.74, 6) is -0.423. The molecular weight excluding hydrogens is 204 g/mol. The zero-order valence-electron chi connectivity index (χ0n) is 9.33. The predicted molar refractivity (Wildman–Crippen MR) is 64.3 cm³/mol. The number of carbonyl (C=O) groups is 2. The maximum absolute atomic E-state index is 11.1. The van der Waals surface area contributed by atoms with E-state index in [2.05, 4.69) is 17.2 Å². The lowest BCUT2D eigenvalue weighted by Crippen LogP contribution is -2.10. The summed E-state index contributed by atoms with van der Waals surface area (Å²) in [4.78, 5) is 22.0. The highest BCUT2D eigenvalue weighted by atomic mass is 16.2. The van der Waals surface area contributed by atoms with Crippen LogP contribution in [0.3, 0.4) is 0 Å². The van der Waals surface area contributed by atoms with Gasteiger partial charge >= 0.3 is 0 Å². The molecule has 2 amide bonds. The van der Waals surface area contributed by atoms with Crippen molar-refractivity contribution in [3.05, 3.63) is 36.4 Å². The molecule has 0 fully saturated rings. The van der Waals surface area contributed by atoms with Crippen molar-refractivity contribution < 1.29 is 9.59 Å². The van der Waals surface area contributed by atoms with Crippen LogP contribution >= 0.6 is 0 Å². The molecule has 16 heavy (non-hydrogen) atoms. The number of rotatable bonds is 3. The first-order chi connectivity index (χ1) is 7.52. The number of benzene rings is 1. The maximum atomic E-state index is 11.1. The van der Waals surface area contributed by atoms with Crippen LogP contribution in [0.2, 0.25) is 0 Å². The topological polar surface area (TPSA) is 58.2 Å². The van der Waals surface area contributed by atoms with Crippen molar-refractivity contribution in [2.75, 3.05) is 10.6 Å². The summed E-state index contributed by atoms with van der Waals surface area (Å²) in [6.45, 7) is 6.68. The number of nitrogens with one attached hydrogen (secondary N) is 2. The van der Waals surface area contributed by atoms with Gasteiger partial charge in [-0.05, 0) is 30.7 Å². The lowest BCUT2D eigenvalue weighted by Gasteiger charge is -2.09. The van der Waals surface area contributed by atoms with E-state index in [-0.39, 0.29) is 11.8 Å². The molecule has 1 rings (SSSR count). The fourth-order valence-electron chi connectivity index (χ4n) is 1.22. The Morgan fingerprint density at radius 1 is 1.31 bits per heavy atom. The number of anilines is 2. The van der Waals surface area contributed by atoms with Gasteiger partial charge in [0, 0.05) is 18.3 Å². The molecule has 0 unspecified atom stereocenters. The van der Waals surface area contributed by atoms with E-state index in [1.165, 1.54) is 13.0 Å². The third-order valence-electron chi connectivity index (χ3n) is 2.00. The Labute approximate surface area is 94.4 Å². The molecule has 84 valence electrons. The molecule has 0 heterocycles. The average Bonchev–Trinajstić information content (AvgIpc) is 2.22. The van der Waals surface area contributed by atoms with Crippen LogP contribution in [0.1, 0.15) is 12.5 Å². The van der Waals surface area contributed by atoms with Gasteiger partial charge in [0.05, 0.1) is 0 Å². The van der Waals surface area contributed by atoms with Gasteiger partial charge in [-0.1, -0.05) is 12.6 Å². The summed E-state index contributed by atoms with van der Waals surface area (Å²) < 4.78 is 0. The third kappa shape index (κ3) is 3.24. The van der Waals surface area contributed by atoms with Crippen LogP contribution < -0.4 is 10.6 Å². The van der Waals surface area contributed by atoms with Gasteiger partial charge in [-0.2, -0.15) is 0 Å². The van der Waals surface area contributed by atoms with E-state index in [0.717, 1.165) is 5.56 Å². The molecule has 0 radical (unpaired) electrons. The SMILES string of the molecule is C=CC(=O)Nc1ccc(C)c(NC(C)=O)c1. The van der Waals surface area contributed by atoms with E-state index in [0.29, 0.717) is 11.4 Å². The largest absolute Gasteiger partial charge is 0.326 e. The summed E-state index contributed by atoms with van der Waals surface area (Å²) >= 11 is 0. The average molecular weight is 218 g/mol. The number of hydrogen-bond donors (Lipinski definition) is 2. The molecule has 0 atom stereocenters. The van der Waals surface area contributed by atoms with E-state index in [1.54, 1.807) is 12.1 Å². The Bertz CT molecular complexity index is 439. The molecule has 4 nitrogen and oxygen atoms in total. The first-order valence-electron chi connectivity index (χ1n) is 4.84. The number of amides is 2. The lowest BCUT2D eigenvalue weighted by molar-refractivity contribution is -0.114. The predicted octanol–water partition coefficient (Wildman–Crippen LogP) is 2.08. The van der Waals surface area contributed by atoms with Crippen LogP contribution in [-0.4, -0.2) is 11.8 Å². The summed E-state index contributed by atoms with van der Waals surface area (Å²) in [5.41, 5.74) is 2.25. The smallest absolute Gasteiger partial charge is 0.247 e. The van der Waals surface area contributed by atoms with Gasteiger partial charge in [0.2, 0.25) is 11.8 Å². The van der Waals surface area contributed by atoms with Crippen molar-refractivity contribution >= 4 is 23.2 Å². The first-order valence-corrected chi connectivity index (χ1v) is 4.84. The molecule has 0 saturated heterocycles. The van der Waals surface area contributed by atoms with Crippen LogP contribution in [-0.2, 0) is 9.59 Å².